The fourth-order valence-corrected chi connectivity index (χ4v) is 1.55. The fraction of sp³-hybridized carbons (Fsp3) is 0.385. The van der Waals surface area contributed by atoms with Crippen LogP contribution in [0.1, 0.15) is 12.5 Å². The standard InChI is InChI=1S/C13H18BrNO2/c1-4-15-8-11-6-5-7-12(16-3)13(11)17-9-10(2)14/h5-7,15H,2,4,8-9H2,1,3H3. The second kappa shape index (κ2) is 7.35. The second-order valence-corrected chi connectivity index (χ2v) is 4.66. The predicted octanol–water partition coefficient (Wildman–Crippen LogP) is 3.09. The van der Waals surface area contributed by atoms with Crippen LogP contribution in [0.15, 0.2) is 29.3 Å². The van der Waals surface area contributed by atoms with Gasteiger partial charge in [-0.15, -0.1) is 0 Å². The van der Waals surface area contributed by atoms with Gasteiger partial charge in [0.05, 0.1) is 7.11 Å². The van der Waals surface area contributed by atoms with Gasteiger partial charge in [-0.2, -0.15) is 0 Å². The van der Waals surface area contributed by atoms with Crippen LogP contribution in [0.25, 0.3) is 0 Å². The molecule has 1 N–H and O–H groups in total. The number of hydrogen-bond donors (Lipinski definition) is 1. The highest BCUT2D eigenvalue weighted by molar-refractivity contribution is 9.11. The van der Waals surface area contributed by atoms with Crippen molar-refractivity contribution in [2.75, 3.05) is 20.3 Å². The van der Waals surface area contributed by atoms with Gasteiger partial charge in [0.1, 0.15) is 6.61 Å². The monoisotopic (exact) mass is 299 g/mol. The molecule has 0 aliphatic heterocycles. The topological polar surface area (TPSA) is 30.5 Å². The van der Waals surface area contributed by atoms with Gasteiger partial charge >= 0.3 is 0 Å². The Morgan fingerprint density at radius 3 is 2.82 bits per heavy atom. The third-order valence-corrected chi connectivity index (χ3v) is 2.45. The Balaban J connectivity index is 2.89. The number of para-hydroxylation sites is 1. The van der Waals surface area contributed by atoms with Crippen LogP contribution in [0, 0.1) is 0 Å². The number of ether oxygens (including phenoxy) is 2. The van der Waals surface area contributed by atoms with Gasteiger partial charge in [-0.3, -0.25) is 0 Å². The molecule has 1 rings (SSSR count). The minimum Gasteiger partial charge on any atom is -0.493 e. The number of rotatable bonds is 7. The molecule has 0 saturated carbocycles. The largest absolute Gasteiger partial charge is 0.493 e. The average Bonchev–Trinajstić information content (AvgIpc) is 2.33. The maximum atomic E-state index is 5.71. The van der Waals surface area contributed by atoms with E-state index in [-0.39, 0.29) is 0 Å². The molecule has 0 radical (unpaired) electrons. The van der Waals surface area contributed by atoms with Crippen LogP contribution >= 0.6 is 15.9 Å². The molecular weight excluding hydrogens is 282 g/mol. The van der Waals surface area contributed by atoms with Gasteiger partial charge in [0.2, 0.25) is 0 Å². The summed E-state index contributed by atoms with van der Waals surface area (Å²) in [6.45, 7) is 7.93. The van der Waals surface area contributed by atoms with E-state index in [1.165, 1.54) is 0 Å². The van der Waals surface area contributed by atoms with Crippen LogP contribution in [-0.2, 0) is 6.54 Å². The highest BCUT2D eigenvalue weighted by atomic mass is 79.9. The Morgan fingerprint density at radius 1 is 1.47 bits per heavy atom. The van der Waals surface area contributed by atoms with E-state index < -0.39 is 0 Å². The lowest BCUT2D eigenvalue weighted by atomic mass is 10.2. The zero-order valence-corrected chi connectivity index (χ0v) is 11.8. The Kier molecular flexibility index (Phi) is 6.08. The van der Waals surface area contributed by atoms with Crippen molar-refractivity contribution in [3.63, 3.8) is 0 Å². The first-order valence-corrected chi connectivity index (χ1v) is 6.31. The molecule has 1 aromatic rings. The molecule has 0 aliphatic carbocycles. The van der Waals surface area contributed by atoms with Crippen molar-refractivity contribution in [3.8, 4) is 11.5 Å². The van der Waals surface area contributed by atoms with Crippen molar-refractivity contribution in [2.45, 2.75) is 13.5 Å². The van der Waals surface area contributed by atoms with Gasteiger partial charge in [0, 0.05) is 16.6 Å². The van der Waals surface area contributed by atoms with E-state index in [0.29, 0.717) is 6.61 Å². The normalized spacial score (nSPS) is 10.1. The van der Waals surface area contributed by atoms with Crippen molar-refractivity contribution in [1.82, 2.24) is 5.32 Å². The van der Waals surface area contributed by atoms with E-state index >= 15 is 0 Å². The van der Waals surface area contributed by atoms with Crippen LogP contribution in [-0.4, -0.2) is 20.3 Å². The van der Waals surface area contributed by atoms with Crippen LogP contribution in [0.3, 0.4) is 0 Å². The van der Waals surface area contributed by atoms with Crippen LogP contribution < -0.4 is 14.8 Å². The Bertz CT molecular complexity index is 380. The third kappa shape index (κ3) is 4.40. The molecule has 4 heteroatoms. The molecule has 94 valence electrons. The number of methoxy groups -OCH3 is 1. The molecular formula is C13H18BrNO2. The van der Waals surface area contributed by atoms with E-state index in [9.17, 15) is 0 Å². The third-order valence-electron chi connectivity index (χ3n) is 2.22. The maximum Gasteiger partial charge on any atom is 0.166 e. The molecule has 17 heavy (non-hydrogen) atoms. The van der Waals surface area contributed by atoms with E-state index in [0.717, 1.165) is 34.6 Å². The van der Waals surface area contributed by atoms with Crippen molar-refractivity contribution in [3.05, 3.63) is 34.8 Å². The minimum atomic E-state index is 0.430. The van der Waals surface area contributed by atoms with Crippen LogP contribution in [0.5, 0.6) is 11.5 Å². The molecule has 0 atom stereocenters. The molecule has 0 heterocycles. The number of hydrogen-bond acceptors (Lipinski definition) is 3. The van der Waals surface area contributed by atoms with Crippen LogP contribution in [0.4, 0.5) is 0 Å². The van der Waals surface area contributed by atoms with E-state index in [2.05, 4.69) is 34.7 Å². The summed E-state index contributed by atoms with van der Waals surface area (Å²) in [5.74, 6) is 1.52. The summed E-state index contributed by atoms with van der Waals surface area (Å²) < 4.78 is 11.8. The van der Waals surface area contributed by atoms with E-state index in [4.69, 9.17) is 9.47 Å². The molecule has 0 aliphatic rings. The van der Waals surface area contributed by atoms with Gasteiger partial charge in [-0.05, 0) is 12.6 Å². The fourth-order valence-electron chi connectivity index (χ4n) is 1.44. The van der Waals surface area contributed by atoms with Gasteiger partial charge in [-0.1, -0.05) is 41.6 Å². The van der Waals surface area contributed by atoms with Crippen molar-refractivity contribution < 1.29 is 9.47 Å². The second-order valence-electron chi connectivity index (χ2n) is 3.53. The summed E-state index contributed by atoms with van der Waals surface area (Å²) in [5, 5.41) is 3.27. The Morgan fingerprint density at radius 2 is 2.24 bits per heavy atom. The predicted molar refractivity (Wildman–Crippen MR) is 73.9 cm³/mol. The van der Waals surface area contributed by atoms with Gasteiger partial charge in [0.25, 0.3) is 0 Å². The highest BCUT2D eigenvalue weighted by Crippen LogP contribution is 2.31. The molecule has 0 fully saturated rings. The number of halogens is 1. The summed E-state index contributed by atoms with van der Waals surface area (Å²) >= 11 is 3.28. The smallest absolute Gasteiger partial charge is 0.166 e. The lowest BCUT2D eigenvalue weighted by molar-refractivity contribution is 0.321. The Labute approximate surface area is 111 Å². The minimum absolute atomic E-state index is 0.430. The first-order valence-electron chi connectivity index (χ1n) is 5.51. The number of benzene rings is 1. The molecule has 3 nitrogen and oxygen atoms in total. The summed E-state index contributed by atoms with van der Waals surface area (Å²) in [6.07, 6.45) is 0. The van der Waals surface area contributed by atoms with Crippen molar-refractivity contribution in [1.29, 1.82) is 0 Å². The molecule has 0 saturated heterocycles. The summed E-state index contributed by atoms with van der Waals surface area (Å²) in [7, 11) is 1.64. The number of nitrogens with one attached hydrogen (secondary N) is 1. The highest BCUT2D eigenvalue weighted by Gasteiger charge is 2.10. The summed E-state index contributed by atoms with van der Waals surface area (Å²) in [6, 6.07) is 5.88. The van der Waals surface area contributed by atoms with Gasteiger partial charge < -0.3 is 14.8 Å². The van der Waals surface area contributed by atoms with Crippen LogP contribution in [0.2, 0.25) is 0 Å². The molecule has 1 aromatic carbocycles. The lowest BCUT2D eigenvalue weighted by Crippen LogP contribution is -2.13. The zero-order valence-electron chi connectivity index (χ0n) is 10.3. The molecule has 0 amide bonds. The first-order chi connectivity index (χ1) is 8.19. The molecule has 0 unspecified atom stereocenters. The van der Waals surface area contributed by atoms with E-state index in [1.807, 2.05) is 18.2 Å². The van der Waals surface area contributed by atoms with Gasteiger partial charge in [0.15, 0.2) is 11.5 Å². The summed E-state index contributed by atoms with van der Waals surface area (Å²) in [4.78, 5) is 0. The lowest BCUT2D eigenvalue weighted by Gasteiger charge is -2.15. The average molecular weight is 300 g/mol. The van der Waals surface area contributed by atoms with Gasteiger partial charge in [-0.25, -0.2) is 0 Å². The molecule has 0 spiro atoms. The summed E-state index contributed by atoms with van der Waals surface area (Å²) in [5.41, 5.74) is 1.08. The Hall–Kier alpha value is -1.00. The van der Waals surface area contributed by atoms with Crippen molar-refractivity contribution in [2.24, 2.45) is 0 Å². The first kappa shape index (κ1) is 14.1. The van der Waals surface area contributed by atoms with E-state index in [1.54, 1.807) is 7.11 Å². The van der Waals surface area contributed by atoms with Crippen molar-refractivity contribution >= 4 is 15.9 Å². The zero-order chi connectivity index (χ0) is 12.7. The maximum absolute atomic E-state index is 5.71. The molecule has 0 aromatic heterocycles. The SMILES string of the molecule is C=C(Br)COc1c(CNCC)cccc1OC. The quantitative estimate of drug-likeness (QED) is 0.839. The molecule has 0 bridgehead atoms.